The quantitative estimate of drug-likeness (QED) is 0.453. The van der Waals surface area contributed by atoms with Gasteiger partial charge in [-0.05, 0) is 39.6 Å². The molecule has 0 fully saturated rings. The Balaban J connectivity index is 1.74. The van der Waals surface area contributed by atoms with Crippen LogP contribution in [0.3, 0.4) is 0 Å². The van der Waals surface area contributed by atoms with Crippen LogP contribution in [0.25, 0.3) is 10.8 Å². The van der Waals surface area contributed by atoms with Crippen LogP contribution in [0.5, 0.6) is 0 Å². The van der Waals surface area contributed by atoms with Gasteiger partial charge in [0, 0.05) is 0 Å². The topological polar surface area (TPSA) is 12.5 Å². The number of para-hydroxylation sites is 1. The van der Waals surface area contributed by atoms with Crippen molar-refractivity contribution in [2.45, 2.75) is 12.6 Å². The molecule has 0 amide bonds. The Bertz CT molecular complexity index is 1040. The van der Waals surface area contributed by atoms with Crippen LogP contribution >= 0.6 is 0 Å². The third-order valence-electron chi connectivity index (χ3n) is 5.00. The van der Waals surface area contributed by atoms with Gasteiger partial charge >= 0.3 is 0 Å². The Morgan fingerprint density at radius 2 is 1.38 bits per heavy atom. The minimum absolute atomic E-state index is 0.135. The van der Waals surface area contributed by atoms with Gasteiger partial charge in [0.2, 0.25) is 0 Å². The predicted molar refractivity (Wildman–Crippen MR) is 106 cm³/mol. The lowest BCUT2D eigenvalue weighted by Gasteiger charge is -2.27. The second-order valence-corrected chi connectivity index (χ2v) is 6.63. The molecule has 0 aromatic heterocycles. The van der Waals surface area contributed by atoms with Crippen molar-refractivity contribution in [1.29, 1.82) is 0 Å². The molecule has 0 N–H and O–H groups in total. The third kappa shape index (κ3) is 2.56. The molecular formula is C24H19NO. The molecule has 1 atom stereocenters. The summed E-state index contributed by atoms with van der Waals surface area (Å²) in [6.07, 6.45) is -0.135. The summed E-state index contributed by atoms with van der Waals surface area (Å²) in [5, 5.41) is 4.59. The molecule has 0 saturated carbocycles. The van der Waals surface area contributed by atoms with E-state index in [-0.39, 0.29) is 6.10 Å². The van der Waals surface area contributed by atoms with Crippen LogP contribution in [-0.2, 0) is 11.4 Å². The van der Waals surface area contributed by atoms with E-state index in [4.69, 9.17) is 4.84 Å². The van der Waals surface area contributed by atoms with E-state index in [0.29, 0.717) is 0 Å². The Morgan fingerprint density at radius 1 is 0.692 bits per heavy atom. The molecule has 2 nitrogen and oxygen atoms in total. The van der Waals surface area contributed by atoms with E-state index in [2.05, 4.69) is 84.9 Å². The number of nitrogens with zero attached hydrogens (tertiary/aromatic N) is 1. The molecule has 1 aliphatic heterocycles. The highest BCUT2D eigenvalue weighted by atomic mass is 16.7. The smallest absolute Gasteiger partial charge is 0.136 e. The van der Waals surface area contributed by atoms with Crippen LogP contribution in [0.15, 0.2) is 97.1 Å². The fourth-order valence-electron chi connectivity index (χ4n) is 3.79. The van der Waals surface area contributed by atoms with E-state index >= 15 is 0 Å². The molecule has 2 heteroatoms. The summed E-state index contributed by atoms with van der Waals surface area (Å²) in [4.78, 5) is 6.59. The first kappa shape index (κ1) is 15.2. The van der Waals surface area contributed by atoms with E-state index in [1.165, 1.54) is 21.9 Å². The maximum atomic E-state index is 6.59. The molecule has 0 aliphatic carbocycles. The zero-order valence-electron chi connectivity index (χ0n) is 14.4. The maximum Gasteiger partial charge on any atom is 0.136 e. The summed E-state index contributed by atoms with van der Waals surface area (Å²) in [5.74, 6) is 0. The van der Waals surface area contributed by atoms with Crippen molar-refractivity contribution in [1.82, 2.24) is 0 Å². The normalized spacial score (nSPS) is 16.5. The van der Waals surface area contributed by atoms with Gasteiger partial charge in [-0.2, -0.15) is 0 Å². The first-order valence-electron chi connectivity index (χ1n) is 8.95. The summed E-state index contributed by atoms with van der Waals surface area (Å²) < 4.78 is 0. The van der Waals surface area contributed by atoms with E-state index in [1.54, 1.807) is 0 Å². The fraction of sp³-hybridized carbons (Fsp3) is 0.0833. The second kappa shape index (κ2) is 6.32. The number of anilines is 1. The Hall–Kier alpha value is -3.10. The summed E-state index contributed by atoms with van der Waals surface area (Å²) in [5.41, 5.74) is 4.75. The Kier molecular flexibility index (Phi) is 3.69. The van der Waals surface area contributed by atoms with Crippen LogP contribution in [0.4, 0.5) is 5.69 Å². The highest BCUT2D eigenvalue weighted by Gasteiger charge is 2.26. The van der Waals surface area contributed by atoms with Crippen molar-refractivity contribution < 1.29 is 4.84 Å². The van der Waals surface area contributed by atoms with Gasteiger partial charge in [0.05, 0.1) is 12.2 Å². The molecule has 26 heavy (non-hydrogen) atoms. The number of rotatable bonds is 2. The lowest BCUT2D eigenvalue weighted by atomic mass is 9.93. The van der Waals surface area contributed by atoms with E-state index < -0.39 is 0 Å². The van der Waals surface area contributed by atoms with Gasteiger partial charge in [-0.1, -0.05) is 84.9 Å². The molecule has 0 saturated heterocycles. The first-order valence-corrected chi connectivity index (χ1v) is 8.95. The summed E-state index contributed by atoms with van der Waals surface area (Å²) in [6.45, 7) is 0.724. The largest absolute Gasteiger partial charge is 0.260 e. The minimum Gasteiger partial charge on any atom is -0.260 e. The van der Waals surface area contributed by atoms with Crippen LogP contribution in [-0.4, -0.2) is 0 Å². The minimum atomic E-state index is -0.135. The molecule has 5 rings (SSSR count). The summed E-state index contributed by atoms with van der Waals surface area (Å²) in [7, 11) is 0. The van der Waals surface area contributed by atoms with Gasteiger partial charge in [-0.15, -0.1) is 0 Å². The van der Waals surface area contributed by atoms with Crippen molar-refractivity contribution in [3.8, 4) is 0 Å². The van der Waals surface area contributed by atoms with Gasteiger partial charge in [0.25, 0.3) is 0 Å². The number of hydroxylamine groups is 1. The van der Waals surface area contributed by atoms with Crippen molar-refractivity contribution in [3.05, 3.63) is 114 Å². The lowest BCUT2D eigenvalue weighted by molar-refractivity contribution is 0.0570. The van der Waals surface area contributed by atoms with Crippen LogP contribution in [0.1, 0.15) is 22.8 Å². The molecule has 126 valence electrons. The fourth-order valence-corrected chi connectivity index (χ4v) is 3.79. The number of hydrogen-bond acceptors (Lipinski definition) is 2. The van der Waals surface area contributed by atoms with Gasteiger partial charge in [0.15, 0.2) is 0 Å². The van der Waals surface area contributed by atoms with E-state index in [9.17, 15) is 0 Å². The van der Waals surface area contributed by atoms with Gasteiger partial charge in [-0.3, -0.25) is 4.84 Å². The molecule has 4 aromatic carbocycles. The number of hydrogen-bond donors (Lipinski definition) is 0. The summed E-state index contributed by atoms with van der Waals surface area (Å²) in [6, 6.07) is 33.8. The number of benzene rings is 4. The predicted octanol–water partition coefficient (Wildman–Crippen LogP) is 5.88. The second-order valence-electron chi connectivity index (χ2n) is 6.63. The molecule has 1 heterocycles. The average Bonchev–Trinajstić information content (AvgIpc) is 2.88. The monoisotopic (exact) mass is 337 g/mol. The highest BCUT2D eigenvalue weighted by Crippen LogP contribution is 2.39. The van der Waals surface area contributed by atoms with Crippen LogP contribution in [0, 0.1) is 0 Å². The average molecular weight is 337 g/mol. The van der Waals surface area contributed by atoms with Crippen molar-refractivity contribution in [2.75, 3.05) is 5.06 Å². The highest BCUT2D eigenvalue weighted by molar-refractivity contribution is 5.90. The van der Waals surface area contributed by atoms with E-state index in [1.807, 2.05) is 17.2 Å². The standard InChI is InChI=1S/C24H19NO/c1-3-9-19(10-4-1)24-22-16-8-12-18-11-7-13-20(23(18)22)17-25(26-24)21-14-5-2-6-15-21/h1-16,24H,17H2. The van der Waals surface area contributed by atoms with Crippen molar-refractivity contribution >= 4 is 16.5 Å². The SMILES string of the molecule is c1ccc(C2ON(c3ccccc3)Cc3cccc4cccc2c34)cc1. The van der Waals surface area contributed by atoms with Gasteiger partial charge < -0.3 is 0 Å². The molecular weight excluding hydrogens is 318 g/mol. The van der Waals surface area contributed by atoms with Gasteiger partial charge in [0.1, 0.15) is 6.10 Å². The van der Waals surface area contributed by atoms with Crippen LogP contribution in [0.2, 0.25) is 0 Å². The van der Waals surface area contributed by atoms with Gasteiger partial charge in [-0.25, -0.2) is 5.06 Å². The molecule has 0 radical (unpaired) electrons. The molecule has 4 aromatic rings. The first-order chi connectivity index (χ1) is 12.9. The molecule has 1 aliphatic rings. The zero-order chi connectivity index (χ0) is 17.3. The molecule has 0 bridgehead atoms. The molecule has 1 unspecified atom stereocenters. The van der Waals surface area contributed by atoms with Crippen molar-refractivity contribution in [2.24, 2.45) is 0 Å². The van der Waals surface area contributed by atoms with Crippen molar-refractivity contribution in [3.63, 3.8) is 0 Å². The van der Waals surface area contributed by atoms with E-state index in [0.717, 1.165) is 17.8 Å². The zero-order valence-corrected chi connectivity index (χ0v) is 14.4. The van der Waals surface area contributed by atoms with Crippen LogP contribution < -0.4 is 5.06 Å². The lowest BCUT2D eigenvalue weighted by Crippen LogP contribution is -2.24. The summed E-state index contributed by atoms with van der Waals surface area (Å²) >= 11 is 0. The Labute approximate surface area is 153 Å². The maximum absolute atomic E-state index is 6.59. The third-order valence-corrected chi connectivity index (χ3v) is 5.00. The molecule has 0 spiro atoms. The Morgan fingerprint density at radius 3 is 2.15 bits per heavy atom.